The minimum absolute atomic E-state index is 0.0938. The van der Waals surface area contributed by atoms with Crippen molar-refractivity contribution in [3.63, 3.8) is 0 Å². The van der Waals surface area contributed by atoms with Crippen LogP contribution in [0, 0.1) is 5.82 Å². The third-order valence-corrected chi connectivity index (χ3v) is 5.76. The molecular weight excluding hydrogens is 331 g/mol. The SMILES string of the molecule is CCCN1CCCC2(CCCN2C(=O)CCCc2ccc(F)cc2)C1=O. The van der Waals surface area contributed by atoms with Gasteiger partial charge in [-0.2, -0.15) is 0 Å². The smallest absolute Gasteiger partial charge is 0.248 e. The summed E-state index contributed by atoms with van der Waals surface area (Å²) in [5.74, 6) is 0.0163. The number of aryl methyl sites for hydroxylation is 1. The maximum atomic E-state index is 13.1. The van der Waals surface area contributed by atoms with Crippen molar-refractivity contribution in [2.24, 2.45) is 0 Å². The molecule has 1 unspecified atom stereocenters. The number of carbonyl (C=O) groups excluding carboxylic acids is 2. The Bertz CT molecular complexity index is 644. The van der Waals surface area contributed by atoms with Gasteiger partial charge in [0.1, 0.15) is 11.4 Å². The summed E-state index contributed by atoms with van der Waals surface area (Å²) in [6, 6.07) is 6.44. The van der Waals surface area contributed by atoms with Crippen molar-refractivity contribution in [3.8, 4) is 0 Å². The average Bonchev–Trinajstić information content (AvgIpc) is 3.05. The number of hydrogen-bond acceptors (Lipinski definition) is 2. The highest BCUT2D eigenvalue weighted by molar-refractivity contribution is 5.92. The lowest BCUT2D eigenvalue weighted by Gasteiger charge is -2.44. The van der Waals surface area contributed by atoms with E-state index in [4.69, 9.17) is 0 Å². The third kappa shape index (κ3) is 3.76. The van der Waals surface area contributed by atoms with E-state index in [9.17, 15) is 14.0 Å². The quantitative estimate of drug-likeness (QED) is 0.778. The van der Waals surface area contributed by atoms with Crippen LogP contribution in [0.25, 0.3) is 0 Å². The van der Waals surface area contributed by atoms with Gasteiger partial charge in [-0.25, -0.2) is 4.39 Å². The average molecular weight is 360 g/mol. The first-order valence-electron chi connectivity index (χ1n) is 9.91. The Labute approximate surface area is 155 Å². The van der Waals surface area contributed by atoms with Crippen LogP contribution in [0.1, 0.15) is 57.4 Å². The molecule has 142 valence electrons. The second-order valence-corrected chi connectivity index (χ2v) is 7.56. The van der Waals surface area contributed by atoms with Gasteiger partial charge in [0.25, 0.3) is 0 Å². The van der Waals surface area contributed by atoms with Crippen LogP contribution in [-0.4, -0.2) is 46.8 Å². The van der Waals surface area contributed by atoms with Gasteiger partial charge >= 0.3 is 0 Å². The Kier molecular flexibility index (Phi) is 5.94. The number of carbonyl (C=O) groups is 2. The van der Waals surface area contributed by atoms with Crippen molar-refractivity contribution in [1.82, 2.24) is 9.80 Å². The van der Waals surface area contributed by atoms with Gasteiger partial charge in [0.05, 0.1) is 0 Å². The number of rotatable bonds is 6. The van der Waals surface area contributed by atoms with Crippen LogP contribution in [0.2, 0.25) is 0 Å². The maximum absolute atomic E-state index is 13.1. The standard InChI is InChI=1S/C21H29FN2O2/c1-2-14-23-15-4-12-21(20(23)26)13-5-16-24(21)19(25)7-3-6-17-8-10-18(22)11-9-17/h8-11H,2-7,12-16H2,1H3. The number of nitrogens with zero attached hydrogens (tertiary/aromatic N) is 2. The van der Waals surface area contributed by atoms with E-state index in [1.165, 1.54) is 12.1 Å². The molecule has 2 heterocycles. The number of amides is 2. The molecule has 0 aromatic heterocycles. The topological polar surface area (TPSA) is 40.6 Å². The van der Waals surface area contributed by atoms with Crippen molar-refractivity contribution in [2.75, 3.05) is 19.6 Å². The molecule has 26 heavy (non-hydrogen) atoms. The van der Waals surface area contributed by atoms with Gasteiger partial charge in [-0.15, -0.1) is 0 Å². The van der Waals surface area contributed by atoms with Gasteiger partial charge in [0.15, 0.2) is 0 Å². The summed E-state index contributed by atoms with van der Waals surface area (Å²) in [4.78, 5) is 29.8. The molecule has 0 radical (unpaired) electrons. The molecule has 1 spiro atoms. The first kappa shape index (κ1) is 18.9. The molecule has 0 aliphatic carbocycles. The Morgan fingerprint density at radius 2 is 1.85 bits per heavy atom. The normalized spacial score (nSPS) is 23.1. The first-order valence-corrected chi connectivity index (χ1v) is 9.91. The van der Waals surface area contributed by atoms with Gasteiger partial charge in [-0.05, 0) is 62.6 Å². The van der Waals surface area contributed by atoms with Crippen molar-refractivity contribution < 1.29 is 14.0 Å². The predicted molar refractivity (Wildman–Crippen MR) is 99.1 cm³/mol. The molecule has 2 fully saturated rings. The Balaban J connectivity index is 1.60. The summed E-state index contributed by atoms with van der Waals surface area (Å²) in [7, 11) is 0. The van der Waals surface area contributed by atoms with E-state index in [1.807, 2.05) is 9.80 Å². The van der Waals surface area contributed by atoms with E-state index in [2.05, 4.69) is 6.92 Å². The molecule has 2 amide bonds. The summed E-state index contributed by atoms with van der Waals surface area (Å²) >= 11 is 0. The fourth-order valence-electron chi connectivity index (χ4n) is 4.50. The number of likely N-dealkylation sites (tertiary alicyclic amines) is 2. The minimum atomic E-state index is -0.583. The molecule has 2 aliphatic rings. The molecule has 0 bridgehead atoms. The zero-order chi connectivity index (χ0) is 18.6. The molecule has 3 rings (SSSR count). The predicted octanol–water partition coefficient (Wildman–Crippen LogP) is 3.54. The van der Waals surface area contributed by atoms with Crippen LogP contribution in [0.15, 0.2) is 24.3 Å². The van der Waals surface area contributed by atoms with E-state index < -0.39 is 5.54 Å². The second-order valence-electron chi connectivity index (χ2n) is 7.56. The minimum Gasteiger partial charge on any atom is -0.341 e. The Morgan fingerprint density at radius 1 is 1.15 bits per heavy atom. The molecule has 0 N–H and O–H groups in total. The number of hydrogen-bond donors (Lipinski definition) is 0. The van der Waals surface area contributed by atoms with E-state index in [0.717, 1.165) is 63.6 Å². The van der Waals surface area contributed by atoms with Crippen LogP contribution in [-0.2, 0) is 16.0 Å². The van der Waals surface area contributed by atoms with Gasteiger partial charge in [0, 0.05) is 26.1 Å². The third-order valence-electron chi connectivity index (χ3n) is 5.76. The largest absolute Gasteiger partial charge is 0.341 e. The fourth-order valence-corrected chi connectivity index (χ4v) is 4.50. The maximum Gasteiger partial charge on any atom is 0.248 e. The molecule has 1 atom stereocenters. The van der Waals surface area contributed by atoms with Crippen molar-refractivity contribution >= 4 is 11.8 Å². The van der Waals surface area contributed by atoms with Crippen LogP contribution in [0.5, 0.6) is 0 Å². The fraction of sp³-hybridized carbons (Fsp3) is 0.619. The lowest BCUT2D eigenvalue weighted by Crippen LogP contribution is -2.61. The monoisotopic (exact) mass is 360 g/mol. The molecule has 5 heteroatoms. The molecular formula is C21H29FN2O2. The van der Waals surface area contributed by atoms with Gasteiger partial charge in [-0.3, -0.25) is 9.59 Å². The first-order chi connectivity index (χ1) is 12.6. The number of benzene rings is 1. The molecule has 1 aromatic carbocycles. The lowest BCUT2D eigenvalue weighted by molar-refractivity contribution is -0.155. The highest BCUT2D eigenvalue weighted by atomic mass is 19.1. The second kappa shape index (κ2) is 8.19. The highest BCUT2D eigenvalue weighted by Crippen LogP contribution is 2.38. The molecule has 0 saturated carbocycles. The summed E-state index contributed by atoms with van der Waals surface area (Å²) in [6.07, 6.45) is 6.37. The molecule has 2 saturated heterocycles. The van der Waals surface area contributed by atoms with E-state index in [1.54, 1.807) is 12.1 Å². The van der Waals surface area contributed by atoms with Gasteiger partial charge in [-0.1, -0.05) is 19.1 Å². The summed E-state index contributed by atoms with van der Waals surface area (Å²) in [5, 5.41) is 0. The van der Waals surface area contributed by atoms with Crippen molar-refractivity contribution in [3.05, 3.63) is 35.6 Å². The number of halogens is 1. The molecule has 2 aliphatic heterocycles. The van der Waals surface area contributed by atoms with Gasteiger partial charge in [0.2, 0.25) is 11.8 Å². The lowest BCUT2D eigenvalue weighted by atomic mass is 9.85. The Morgan fingerprint density at radius 3 is 2.54 bits per heavy atom. The van der Waals surface area contributed by atoms with Crippen molar-refractivity contribution in [2.45, 2.75) is 63.8 Å². The highest BCUT2D eigenvalue weighted by Gasteiger charge is 2.52. The summed E-state index contributed by atoms with van der Waals surface area (Å²) < 4.78 is 13.0. The van der Waals surface area contributed by atoms with E-state index >= 15 is 0 Å². The van der Waals surface area contributed by atoms with Crippen molar-refractivity contribution in [1.29, 1.82) is 0 Å². The summed E-state index contributed by atoms with van der Waals surface area (Å²) in [6.45, 7) is 4.39. The zero-order valence-electron chi connectivity index (χ0n) is 15.7. The molecule has 4 nitrogen and oxygen atoms in total. The zero-order valence-corrected chi connectivity index (χ0v) is 15.7. The Hall–Kier alpha value is -1.91. The number of piperidine rings is 1. The van der Waals surface area contributed by atoms with Crippen LogP contribution in [0.4, 0.5) is 4.39 Å². The van der Waals surface area contributed by atoms with E-state index in [-0.39, 0.29) is 17.6 Å². The molecule has 1 aromatic rings. The van der Waals surface area contributed by atoms with Crippen LogP contribution < -0.4 is 0 Å². The van der Waals surface area contributed by atoms with Crippen LogP contribution in [0.3, 0.4) is 0 Å². The summed E-state index contributed by atoms with van der Waals surface area (Å²) in [5.41, 5.74) is 0.457. The van der Waals surface area contributed by atoms with Gasteiger partial charge < -0.3 is 9.80 Å². The van der Waals surface area contributed by atoms with Crippen LogP contribution >= 0.6 is 0 Å². The van der Waals surface area contributed by atoms with E-state index in [0.29, 0.717) is 13.0 Å².